The Morgan fingerprint density at radius 2 is 1.68 bits per heavy atom. The van der Waals surface area contributed by atoms with Crippen molar-refractivity contribution in [3.63, 3.8) is 0 Å². The van der Waals surface area contributed by atoms with Crippen molar-refractivity contribution in [1.29, 1.82) is 0 Å². The summed E-state index contributed by atoms with van der Waals surface area (Å²) in [5.41, 5.74) is -0.756. The van der Waals surface area contributed by atoms with Crippen molar-refractivity contribution < 1.29 is 26.4 Å². The molecule has 0 aliphatic carbocycles. The second-order valence-electron chi connectivity index (χ2n) is 5.31. The Balaban J connectivity index is 2.38. The highest BCUT2D eigenvalue weighted by atomic mass is 32.2. The molecule has 2 aromatic rings. The molecule has 0 spiro atoms. The van der Waals surface area contributed by atoms with Gasteiger partial charge >= 0.3 is 6.18 Å². The van der Waals surface area contributed by atoms with Crippen LogP contribution in [0.1, 0.15) is 18.1 Å². The average molecular weight is 372 g/mol. The van der Waals surface area contributed by atoms with Gasteiger partial charge in [-0.25, -0.2) is 8.42 Å². The van der Waals surface area contributed by atoms with Crippen molar-refractivity contribution in [3.05, 3.63) is 53.6 Å². The molecule has 0 aliphatic heterocycles. The van der Waals surface area contributed by atoms with Crippen LogP contribution in [0.25, 0.3) is 0 Å². The molecule has 0 heterocycles. The fourth-order valence-corrected chi connectivity index (χ4v) is 3.32. The molecule has 25 heavy (non-hydrogen) atoms. The molecule has 2 rings (SSSR count). The topological polar surface area (TPSA) is 75.3 Å². The van der Waals surface area contributed by atoms with Crippen LogP contribution in [0, 0.1) is 6.92 Å². The molecule has 0 saturated heterocycles. The van der Waals surface area contributed by atoms with Crippen LogP contribution < -0.4 is 10.0 Å². The quantitative estimate of drug-likeness (QED) is 0.858. The lowest BCUT2D eigenvalue weighted by Gasteiger charge is -2.15. The number of hydrogen-bond donors (Lipinski definition) is 2. The number of carbonyl (C=O) groups is 1. The molecular weight excluding hydrogens is 357 g/mol. The second-order valence-corrected chi connectivity index (χ2v) is 6.99. The number of nitrogens with one attached hydrogen (secondary N) is 2. The Labute approximate surface area is 142 Å². The van der Waals surface area contributed by atoms with Gasteiger partial charge in [-0.1, -0.05) is 12.1 Å². The number of hydrogen-bond acceptors (Lipinski definition) is 3. The first-order valence-electron chi connectivity index (χ1n) is 7.08. The summed E-state index contributed by atoms with van der Waals surface area (Å²) in [4.78, 5) is 10.9. The van der Waals surface area contributed by atoms with Gasteiger partial charge in [-0.3, -0.25) is 9.52 Å². The minimum absolute atomic E-state index is 0.212. The van der Waals surface area contributed by atoms with E-state index in [2.05, 4.69) is 5.32 Å². The van der Waals surface area contributed by atoms with Gasteiger partial charge in [-0.05, 0) is 42.8 Å². The van der Waals surface area contributed by atoms with E-state index >= 15 is 0 Å². The molecule has 0 aliphatic rings. The summed E-state index contributed by atoms with van der Waals surface area (Å²) >= 11 is 0. The third-order valence-electron chi connectivity index (χ3n) is 3.30. The maximum Gasteiger partial charge on any atom is 0.418 e. The summed E-state index contributed by atoms with van der Waals surface area (Å²) in [7, 11) is -4.23. The van der Waals surface area contributed by atoms with Crippen molar-refractivity contribution in [2.24, 2.45) is 0 Å². The first-order valence-corrected chi connectivity index (χ1v) is 8.56. The third kappa shape index (κ3) is 4.50. The van der Waals surface area contributed by atoms with E-state index < -0.39 is 27.5 Å². The van der Waals surface area contributed by atoms with Gasteiger partial charge in [0, 0.05) is 12.6 Å². The van der Waals surface area contributed by atoms with Crippen LogP contribution in [0.4, 0.5) is 24.5 Å². The van der Waals surface area contributed by atoms with Gasteiger partial charge in [0.2, 0.25) is 5.91 Å². The van der Waals surface area contributed by atoms with Crippen LogP contribution in [0.5, 0.6) is 0 Å². The van der Waals surface area contributed by atoms with Gasteiger partial charge < -0.3 is 5.32 Å². The molecule has 2 aromatic carbocycles. The summed E-state index contributed by atoms with van der Waals surface area (Å²) in [6.45, 7) is 2.88. The van der Waals surface area contributed by atoms with E-state index in [1.54, 1.807) is 6.92 Å². The second kappa shape index (κ2) is 6.75. The molecular formula is C16H15F3N2O3S. The number of rotatable bonds is 4. The van der Waals surface area contributed by atoms with Gasteiger partial charge in [0.25, 0.3) is 10.0 Å². The van der Waals surface area contributed by atoms with Crippen molar-refractivity contribution in [1.82, 2.24) is 0 Å². The van der Waals surface area contributed by atoms with E-state index in [1.807, 2.05) is 4.72 Å². The number of carbonyl (C=O) groups excluding carboxylic acids is 1. The van der Waals surface area contributed by atoms with E-state index in [-0.39, 0.29) is 10.8 Å². The number of aryl methyl sites for hydroxylation is 1. The van der Waals surface area contributed by atoms with E-state index in [4.69, 9.17) is 0 Å². The first-order chi connectivity index (χ1) is 11.5. The SMILES string of the molecule is CC(=O)Nc1ccc(S(=O)(=O)Nc2ccccc2C(F)(F)F)cc1C. The normalized spacial score (nSPS) is 11.9. The standard InChI is InChI=1S/C16H15F3N2O3S/c1-10-9-12(7-8-14(10)20-11(2)22)25(23,24)21-15-6-4-3-5-13(15)16(17,18)19/h3-9,21H,1-2H3,(H,20,22). The molecule has 134 valence electrons. The van der Waals surface area contributed by atoms with Gasteiger partial charge in [0.05, 0.1) is 16.1 Å². The summed E-state index contributed by atoms with van der Waals surface area (Å²) in [5, 5.41) is 2.53. The van der Waals surface area contributed by atoms with Gasteiger partial charge in [0.1, 0.15) is 0 Å². The fourth-order valence-electron chi connectivity index (χ4n) is 2.16. The Morgan fingerprint density at radius 1 is 1.04 bits per heavy atom. The molecule has 5 nitrogen and oxygen atoms in total. The van der Waals surface area contributed by atoms with Crippen molar-refractivity contribution in [2.75, 3.05) is 10.0 Å². The molecule has 0 radical (unpaired) electrons. The monoisotopic (exact) mass is 372 g/mol. The minimum atomic E-state index is -4.69. The van der Waals surface area contributed by atoms with E-state index in [0.717, 1.165) is 12.1 Å². The fraction of sp³-hybridized carbons (Fsp3) is 0.188. The number of para-hydroxylation sites is 1. The zero-order valence-electron chi connectivity index (χ0n) is 13.3. The smallest absolute Gasteiger partial charge is 0.326 e. The lowest BCUT2D eigenvalue weighted by Crippen LogP contribution is -2.17. The van der Waals surface area contributed by atoms with Crippen LogP contribution in [0.15, 0.2) is 47.4 Å². The maximum absolute atomic E-state index is 13.0. The maximum atomic E-state index is 13.0. The number of halogens is 3. The summed E-state index contributed by atoms with van der Waals surface area (Å²) < 4.78 is 65.7. The highest BCUT2D eigenvalue weighted by Crippen LogP contribution is 2.35. The Kier molecular flexibility index (Phi) is 5.07. The highest BCUT2D eigenvalue weighted by Gasteiger charge is 2.34. The average Bonchev–Trinajstić information content (AvgIpc) is 2.48. The molecule has 0 atom stereocenters. The predicted octanol–water partition coefficient (Wildman–Crippen LogP) is 3.77. The number of benzene rings is 2. The number of anilines is 2. The summed E-state index contributed by atoms with van der Waals surface area (Å²) in [5.74, 6) is -0.323. The number of alkyl halides is 3. The van der Waals surface area contributed by atoms with E-state index in [1.165, 1.54) is 37.3 Å². The van der Waals surface area contributed by atoms with E-state index in [0.29, 0.717) is 11.3 Å². The lowest BCUT2D eigenvalue weighted by atomic mass is 10.2. The van der Waals surface area contributed by atoms with Crippen LogP contribution >= 0.6 is 0 Å². The Bertz CT molecular complexity index is 909. The first kappa shape index (κ1) is 18.8. The third-order valence-corrected chi connectivity index (χ3v) is 4.66. The van der Waals surface area contributed by atoms with Crippen LogP contribution in [0.3, 0.4) is 0 Å². The van der Waals surface area contributed by atoms with Gasteiger partial charge in [-0.15, -0.1) is 0 Å². The molecule has 0 unspecified atom stereocenters. The summed E-state index contributed by atoms with van der Waals surface area (Å²) in [6.07, 6.45) is -4.69. The van der Waals surface area contributed by atoms with Gasteiger partial charge in [0.15, 0.2) is 0 Å². The molecule has 0 fully saturated rings. The van der Waals surface area contributed by atoms with Gasteiger partial charge in [-0.2, -0.15) is 13.2 Å². The minimum Gasteiger partial charge on any atom is -0.326 e. The summed E-state index contributed by atoms with van der Waals surface area (Å²) in [6, 6.07) is 8.16. The number of sulfonamides is 1. The predicted molar refractivity (Wildman–Crippen MR) is 87.7 cm³/mol. The number of amides is 1. The van der Waals surface area contributed by atoms with Crippen molar-refractivity contribution in [3.8, 4) is 0 Å². The largest absolute Gasteiger partial charge is 0.418 e. The molecule has 9 heteroatoms. The highest BCUT2D eigenvalue weighted by molar-refractivity contribution is 7.92. The Morgan fingerprint density at radius 3 is 2.24 bits per heavy atom. The molecule has 1 amide bonds. The Hall–Kier alpha value is -2.55. The zero-order chi connectivity index (χ0) is 18.8. The molecule has 0 saturated carbocycles. The van der Waals surface area contributed by atoms with Crippen molar-refractivity contribution in [2.45, 2.75) is 24.9 Å². The van der Waals surface area contributed by atoms with Crippen molar-refractivity contribution >= 4 is 27.3 Å². The zero-order valence-corrected chi connectivity index (χ0v) is 14.1. The van der Waals surface area contributed by atoms with Crippen LogP contribution in [-0.4, -0.2) is 14.3 Å². The molecule has 0 bridgehead atoms. The lowest BCUT2D eigenvalue weighted by molar-refractivity contribution is -0.136. The van der Waals surface area contributed by atoms with E-state index in [9.17, 15) is 26.4 Å². The van der Waals surface area contributed by atoms with Crippen LogP contribution in [0.2, 0.25) is 0 Å². The van der Waals surface area contributed by atoms with Crippen LogP contribution in [-0.2, 0) is 21.0 Å². The molecule has 2 N–H and O–H groups in total. The molecule has 0 aromatic heterocycles.